The molecule has 0 aromatic heterocycles. The van der Waals surface area contributed by atoms with E-state index in [1.54, 1.807) is 0 Å². The molecule has 5 fully saturated rings. The Morgan fingerprint density at radius 3 is 2.59 bits per heavy atom. The van der Waals surface area contributed by atoms with Crippen LogP contribution in [0.2, 0.25) is 0 Å². The van der Waals surface area contributed by atoms with Crippen molar-refractivity contribution in [1.82, 2.24) is 0 Å². The summed E-state index contributed by atoms with van der Waals surface area (Å²) in [5.41, 5.74) is 7.48. The summed E-state index contributed by atoms with van der Waals surface area (Å²) in [6.45, 7) is 0. The normalized spacial score (nSPS) is 45.4. The molecule has 5 saturated carbocycles. The van der Waals surface area contributed by atoms with E-state index in [9.17, 15) is 4.79 Å². The lowest BCUT2D eigenvalue weighted by atomic mass is 9.61. The smallest absolute Gasteiger partial charge is 0.223 e. The molecule has 0 aliphatic heterocycles. The molecule has 1 aromatic carbocycles. The van der Waals surface area contributed by atoms with Gasteiger partial charge in [0.1, 0.15) is 0 Å². The van der Waals surface area contributed by atoms with E-state index in [-0.39, 0.29) is 16.7 Å². The molecule has 116 valence electrons. The maximum absolute atomic E-state index is 12.4. The molecule has 5 unspecified atom stereocenters. The van der Waals surface area contributed by atoms with Gasteiger partial charge in [0.05, 0.1) is 5.41 Å². The van der Waals surface area contributed by atoms with Crippen molar-refractivity contribution in [3.63, 3.8) is 0 Å². The number of hydrogen-bond donors (Lipinski definition) is 1. The van der Waals surface area contributed by atoms with Gasteiger partial charge in [0, 0.05) is 0 Å². The van der Waals surface area contributed by atoms with E-state index in [1.807, 2.05) is 0 Å². The van der Waals surface area contributed by atoms with Crippen LogP contribution in [0.25, 0.3) is 0 Å². The summed E-state index contributed by atoms with van der Waals surface area (Å²) in [7, 11) is 0. The summed E-state index contributed by atoms with van der Waals surface area (Å²) in [6, 6.07) is 10.9. The predicted molar refractivity (Wildman–Crippen MR) is 86.0 cm³/mol. The van der Waals surface area contributed by atoms with Gasteiger partial charge in [-0.15, -0.1) is 0 Å². The summed E-state index contributed by atoms with van der Waals surface area (Å²) in [5.74, 6) is 3.03. The van der Waals surface area contributed by atoms with Crippen LogP contribution in [-0.2, 0) is 10.2 Å². The van der Waals surface area contributed by atoms with E-state index < -0.39 is 0 Å². The Hall–Kier alpha value is -1.31. The lowest BCUT2D eigenvalue weighted by molar-refractivity contribution is -0.129. The second-order valence-corrected chi connectivity index (χ2v) is 8.67. The van der Waals surface area contributed by atoms with Gasteiger partial charge in [0.15, 0.2) is 0 Å². The number of rotatable bonds is 4. The molecule has 1 amide bonds. The highest BCUT2D eigenvalue weighted by atomic mass is 16.1. The van der Waals surface area contributed by atoms with E-state index in [0.29, 0.717) is 5.92 Å². The van der Waals surface area contributed by atoms with Crippen LogP contribution in [0, 0.1) is 29.1 Å². The summed E-state index contributed by atoms with van der Waals surface area (Å²) in [5, 5.41) is 0. The van der Waals surface area contributed by atoms with Crippen LogP contribution in [0.4, 0.5) is 0 Å². The maximum atomic E-state index is 12.4. The zero-order valence-electron chi connectivity index (χ0n) is 13.1. The third kappa shape index (κ3) is 1.59. The summed E-state index contributed by atoms with van der Waals surface area (Å²) in [4.78, 5) is 12.4. The minimum atomic E-state index is -0.182. The topological polar surface area (TPSA) is 43.1 Å². The Balaban J connectivity index is 1.55. The standard InChI is InChI=1S/C20H25NO/c21-18(22)20-10-14-9-19(12-20,15-4-2-1-3-5-15)11-17(20)16(14)8-13-6-7-13/h1-5,13-14,16-17H,6-12H2,(H2,21,22). The van der Waals surface area contributed by atoms with Gasteiger partial charge in [-0.05, 0) is 66.8 Å². The second-order valence-electron chi connectivity index (χ2n) is 8.67. The fourth-order valence-electron chi connectivity index (χ4n) is 6.63. The van der Waals surface area contributed by atoms with Gasteiger partial charge in [-0.25, -0.2) is 0 Å². The maximum Gasteiger partial charge on any atom is 0.223 e. The molecule has 0 heterocycles. The molecule has 5 aliphatic carbocycles. The van der Waals surface area contributed by atoms with Gasteiger partial charge in [0.2, 0.25) is 5.91 Å². The number of amides is 1. The Kier molecular flexibility index (Phi) is 2.48. The number of carbonyl (C=O) groups excluding carboxylic acids is 1. The minimum absolute atomic E-state index is 0.00157. The molecule has 6 rings (SSSR count). The molecule has 4 bridgehead atoms. The third-order valence-electron chi connectivity index (χ3n) is 7.56. The highest BCUT2D eigenvalue weighted by molar-refractivity contribution is 5.83. The summed E-state index contributed by atoms with van der Waals surface area (Å²) >= 11 is 0. The molecule has 2 N–H and O–H groups in total. The first-order valence-electron chi connectivity index (χ1n) is 8.98. The van der Waals surface area contributed by atoms with Gasteiger partial charge < -0.3 is 5.73 Å². The number of nitrogens with two attached hydrogens (primary N) is 1. The molecule has 0 spiro atoms. The molecule has 0 saturated heterocycles. The van der Waals surface area contributed by atoms with E-state index in [4.69, 9.17) is 5.73 Å². The first-order chi connectivity index (χ1) is 10.6. The zero-order chi connectivity index (χ0) is 14.9. The lowest BCUT2D eigenvalue weighted by Crippen LogP contribution is -2.41. The van der Waals surface area contributed by atoms with Crippen molar-refractivity contribution in [1.29, 1.82) is 0 Å². The SMILES string of the molecule is NC(=O)C12CC3CC(c4ccccc4)(CC1C3CC1CC1)C2. The van der Waals surface area contributed by atoms with Crippen LogP contribution in [0.3, 0.4) is 0 Å². The van der Waals surface area contributed by atoms with Crippen molar-refractivity contribution in [2.75, 3.05) is 0 Å². The predicted octanol–water partition coefficient (Wildman–Crippen LogP) is 3.65. The van der Waals surface area contributed by atoms with Crippen LogP contribution in [0.1, 0.15) is 50.5 Å². The van der Waals surface area contributed by atoms with Crippen molar-refractivity contribution in [3.8, 4) is 0 Å². The van der Waals surface area contributed by atoms with Crippen molar-refractivity contribution < 1.29 is 4.79 Å². The summed E-state index contributed by atoms with van der Waals surface area (Å²) in [6.07, 6.45) is 8.80. The second kappa shape index (κ2) is 4.15. The molecule has 0 radical (unpaired) electrons. The number of hydrogen-bond acceptors (Lipinski definition) is 1. The minimum Gasteiger partial charge on any atom is -0.369 e. The average Bonchev–Trinajstić information content (AvgIpc) is 3.27. The Labute approximate surface area is 132 Å². The van der Waals surface area contributed by atoms with E-state index in [1.165, 1.54) is 37.7 Å². The number of carbonyl (C=O) groups is 1. The Bertz CT molecular complexity index is 622. The van der Waals surface area contributed by atoms with Crippen molar-refractivity contribution in [3.05, 3.63) is 35.9 Å². The highest BCUT2D eigenvalue weighted by Crippen LogP contribution is 2.73. The summed E-state index contributed by atoms with van der Waals surface area (Å²) < 4.78 is 0. The van der Waals surface area contributed by atoms with Gasteiger partial charge in [-0.3, -0.25) is 4.79 Å². The quantitative estimate of drug-likeness (QED) is 0.905. The van der Waals surface area contributed by atoms with E-state index in [2.05, 4.69) is 30.3 Å². The fraction of sp³-hybridized carbons (Fsp3) is 0.650. The Morgan fingerprint density at radius 2 is 1.91 bits per heavy atom. The monoisotopic (exact) mass is 295 g/mol. The van der Waals surface area contributed by atoms with Crippen molar-refractivity contribution in [2.24, 2.45) is 34.8 Å². The van der Waals surface area contributed by atoms with E-state index >= 15 is 0 Å². The average molecular weight is 295 g/mol. The van der Waals surface area contributed by atoms with Crippen LogP contribution >= 0.6 is 0 Å². The van der Waals surface area contributed by atoms with Gasteiger partial charge in [0.25, 0.3) is 0 Å². The molecular formula is C20H25NO. The largest absolute Gasteiger partial charge is 0.369 e. The zero-order valence-corrected chi connectivity index (χ0v) is 13.1. The molecular weight excluding hydrogens is 270 g/mol. The van der Waals surface area contributed by atoms with Gasteiger partial charge in [-0.2, -0.15) is 0 Å². The number of primary amides is 1. The van der Waals surface area contributed by atoms with E-state index in [0.717, 1.165) is 30.6 Å². The first kappa shape index (κ1) is 13.2. The van der Waals surface area contributed by atoms with Crippen molar-refractivity contribution >= 4 is 5.91 Å². The molecule has 22 heavy (non-hydrogen) atoms. The molecule has 2 heteroatoms. The highest BCUT2D eigenvalue weighted by Gasteiger charge is 2.70. The van der Waals surface area contributed by atoms with Crippen LogP contribution in [0.15, 0.2) is 30.3 Å². The van der Waals surface area contributed by atoms with Crippen LogP contribution in [0.5, 0.6) is 0 Å². The van der Waals surface area contributed by atoms with Crippen molar-refractivity contribution in [2.45, 2.75) is 50.4 Å². The number of benzene rings is 1. The first-order valence-corrected chi connectivity index (χ1v) is 8.98. The fourth-order valence-corrected chi connectivity index (χ4v) is 6.63. The van der Waals surface area contributed by atoms with Crippen LogP contribution < -0.4 is 5.73 Å². The molecule has 5 aliphatic rings. The van der Waals surface area contributed by atoms with Gasteiger partial charge >= 0.3 is 0 Å². The molecule has 5 atom stereocenters. The Morgan fingerprint density at radius 1 is 1.14 bits per heavy atom. The molecule has 2 nitrogen and oxygen atoms in total. The molecule has 1 aromatic rings. The van der Waals surface area contributed by atoms with Crippen LogP contribution in [-0.4, -0.2) is 5.91 Å². The third-order valence-corrected chi connectivity index (χ3v) is 7.56. The van der Waals surface area contributed by atoms with Gasteiger partial charge in [-0.1, -0.05) is 43.2 Å². The lowest BCUT2D eigenvalue weighted by Gasteiger charge is -2.43.